The van der Waals surface area contributed by atoms with Crippen molar-refractivity contribution < 1.29 is 9.53 Å². The Morgan fingerprint density at radius 1 is 1.35 bits per heavy atom. The number of carbonyl (C=O) groups excluding carboxylic acids is 1. The van der Waals surface area contributed by atoms with E-state index < -0.39 is 11.7 Å². The number of benzene rings is 1. The lowest BCUT2D eigenvalue weighted by Crippen LogP contribution is -2.26. The Labute approximate surface area is 142 Å². The molecular formula is C15H18BrN5O2. The van der Waals surface area contributed by atoms with Gasteiger partial charge in [0, 0.05) is 21.6 Å². The number of hydrogen-bond donors (Lipinski definition) is 2. The molecule has 0 fully saturated rings. The lowest BCUT2D eigenvalue weighted by atomic mass is 10.1. The molecule has 0 bridgehead atoms. The summed E-state index contributed by atoms with van der Waals surface area (Å²) in [7, 11) is 0. The number of ether oxygens (including phenoxy) is 1. The van der Waals surface area contributed by atoms with Gasteiger partial charge in [-0.3, -0.25) is 4.57 Å². The van der Waals surface area contributed by atoms with Crippen LogP contribution in [0.15, 0.2) is 39.1 Å². The Balaban J connectivity index is 2.50. The highest BCUT2D eigenvalue weighted by Crippen LogP contribution is 2.29. The lowest BCUT2D eigenvalue weighted by Gasteiger charge is -2.19. The van der Waals surface area contributed by atoms with E-state index in [1.165, 1.54) is 10.8 Å². The van der Waals surface area contributed by atoms with Gasteiger partial charge in [0.15, 0.2) is 0 Å². The molecule has 0 saturated carbocycles. The Morgan fingerprint density at radius 2 is 2.04 bits per heavy atom. The Kier molecular flexibility index (Phi) is 4.74. The fraction of sp³-hybridized carbons (Fsp3) is 0.267. The van der Waals surface area contributed by atoms with E-state index >= 15 is 0 Å². The molecule has 0 aliphatic rings. The van der Waals surface area contributed by atoms with Crippen LogP contribution < -0.4 is 11.5 Å². The van der Waals surface area contributed by atoms with Crippen LogP contribution in [0.2, 0.25) is 0 Å². The molecule has 122 valence electrons. The summed E-state index contributed by atoms with van der Waals surface area (Å²) in [4.78, 5) is 12.3. The zero-order valence-electron chi connectivity index (χ0n) is 13.1. The number of guanidine groups is 1. The maximum absolute atomic E-state index is 12.3. The molecule has 0 unspecified atom stereocenters. The molecule has 23 heavy (non-hydrogen) atoms. The molecule has 1 heterocycles. The van der Waals surface area contributed by atoms with Gasteiger partial charge >= 0.3 is 6.09 Å². The van der Waals surface area contributed by atoms with E-state index in [4.69, 9.17) is 16.2 Å². The van der Waals surface area contributed by atoms with Crippen LogP contribution in [-0.4, -0.2) is 28.4 Å². The van der Waals surface area contributed by atoms with Crippen molar-refractivity contribution in [2.24, 2.45) is 21.7 Å². The van der Waals surface area contributed by atoms with Crippen LogP contribution in [0.5, 0.6) is 0 Å². The number of halogens is 1. The van der Waals surface area contributed by atoms with Gasteiger partial charge in [0.2, 0.25) is 5.96 Å². The van der Waals surface area contributed by atoms with Gasteiger partial charge in [0.25, 0.3) is 0 Å². The van der Waals surface area contributed by atoms with Gasteiger partial charge < -0.3 is 16.2 Å². The standard InChI is InChI=1S/C15H18BrN5O2/c1-15(2,3)23-14(22)21-8-10(16)12-9(5-4-6-11(12)21)7-19-20-13(17)18/h4-8H,1-3H3,(H4,17,18,20). The van der Waals surface area contributed by atoms with Crippen molar-refractivity contribution in [3.05, 3.63) is 34.4 Å². The van der Waals surface area contributed by atoms with E-state index in [-0.39, 0.29) is 5.96 Å². The molecule has 0 amide bonds. The first-order valence-corrected chi connectivity index (χ1v) is 7.63. The third kappa shape index (κ3) is 4.10. The minimum Gasteiger partial charge on any atom is -0.443 e. The van der Waals surface area contributed by atoms with Crippen molar-refractivity contribution in [2.45, 2.75) is 26.4 Å². The molecule has 8 heteroatoms. The summed E-state index contributed by atoms with van der Waals surface area (Å²) in [6.45, 7) is 5.46. The third-order valence-corrected chi connectivity index (χ3v) is 3.38. The second-order valence-electron chi connectivity index (χ2n) is 5.84. The normalized spacial score (nSPS) is 11.8. The van der Waals surface area contributed by atoms with Crippen LogP contribution in [0.4, 0.5) is 4.79 Å². The lowest BCUT2D eigenvalue weighted by molar-refractivity contribution is 0.0544. The molecule has 0 spiro atoms. The molecule has 0 aliphatic heterocycles. The highest BCUT2D eigenvalue weighted by atomic mass is 79.9. The molecule has 0 radical (unpaired) electrons. The Hall–Kier alpha value is -2.35. The molecule has 7 nitrogen and oxygen atoms in total. The molecule has 0 saturated heterocycles. The molecule has 0 atom stereocenters. The smallest absolute Gasteiger partial charge is 0.419 e. The van der Waals surface area contributed by atoms with Crippen LogP contribution in [-0.2, 0) is 4.74 Å². The molecule has 4 N–H and O–H groups in total. The van der Waals surface area contributed by atoms with E-state index in [9.17, 15) is 4.79 Å². The second kappa shape index (κ2) is 6.41. The number of fused-ring (bicyclic) bond motifs is 1. The molecule has 2 aromatic rings. The van der Waals surface area contributed by atoms with Crippen LogP contribution in [0.1, 0.15) is 26.3 Å². The fourth-order valence-corrected chi connectivity index (χ4v) is 2.63. The van der Waals surface area contributed by atoms with Gasteiger partial charge in [-0.05, 0) is 42.8 Å². The molecule has 1 aromatic carbocycles. The van der Waals surface area contributed by atoms with Gasteiger partial charge in [-0.15, -0.1) is 5.10 Å². The number of hydrogen-bond acceptors (Lipinski definition) is 4. The van der Waals surface area contributed by atoms with Gasteiger partial charge in [-0.2, -0.15) is 5.10 Å². The monoisotopic (exact) mass is 379 g/mol. The number of rotatable bonds is 2. The first-order chi connectivity index (χ1) is 10.7. The summed E-state index contributed by atoms with van der Waals surface area (Å²) in [5, 5.41) is 8.20. The van der Waals surface area contributed by atoms with Crippen LogP contribution in [0.25, 0.3) is 10.9 Å². The number of carbonyl (C=O) groups is 1. The van der Waals surface area contributed by atoms with Crippen molar-refractivity contribution >= 4 is 45.1 Å². The minimum atomic E-state index is -0.577. The van der Waals surface area contributed by atoms with Crippen molar-refractivity contribution in [3.8, 4) is 0 Å². The first kappa shape index (κ1) is 17.0. The molecule has 2 rings (SSSR count). The highest BCUT2D eigenvalue weighted by molar-refractivity contribution is 9.10. The quantitative estimate of drug-likeness (QED) is 0.474. The topological polar surface area (TPSA) is 108 Å². The summed E-state index contributed by atoms with van der Waals surface area (Å²) in [6.07, 6.45) is 2.73. The van der Waals surface area contributed by atoms with Crippen molar-refractivity contribution in [1.82, 2.24) is 4.57 Å². The van der Waals surface area contributed by atoms with E-state index in [0.717, 1.165) is 15.4 Å². The predicted octanol–water partition coefficient (Wildman–Crippen LogP) is 2.79. The van der Waals surface area contributed by atoms with E-state index in [1.54, 1.807) is 6.20 Å². The molecular weight excluding hydrogens is 362 g/mol. The SMILES string of the molecule is CC(C)(C)OC(=O)n1cc(Br)c2c(C=NN=C(N)N)cccc21. The summed E-state index contributed by atoms with van der Waals surface area (Å²) in [5.41, 5.74) is 11.4. The summed E-state index contributed by atoms with van der Waals surface area (Å²) < 4.78 is 7.60. The zero-order chi connectivity index (χ0) is 17.2. The van der Waals surface area contributed by atoms with Gasteiger partial charge in [-0.1, -0.05) is 12.1 Å². The van der Waals surface area contributed by atoms with E-state index in [1.807, 2.05) is 39.0 Å². The maximum Gasteiger partial charge on any atom is 0.419 e. The summed E-state index contributed by atoms with van der Waals surface area (Å²) >= 11 is 3.46. The van der Waals surface area contributed by atoms with Crippen LogP contribution in [0.3, 0.4) is 0 Å². The van der Waals surface area contributed by atoms with Gasteiger partial charge in [0.1, 0.15) is 5.60 Å². The van der Waals surface area contributed by atoms with Crippen LogP contribution >= 0.6 is 15.9 Å². The highest BCUT2D eigenvalue weighted by Gasteiger charge is 2.21. The largest absolute Gasteiger partial charge is 0.443 e. The maximum atomic E-state index is 12.3. The number of nitrogens with two attached hydrogens (primary N) is 2. The van der Waals surface area contributed by atoms with E-state index in [2.05, 4.69) is 26.1 Å². The van der Waals surface area contributed by atoms with Crippen molar-refractivity contribution in [2.75, 3.05) is 0 Å². The van der Waals surface area contributed by atoms with E-state index in [0.29, 0.717) is 5.52 Å². The fourth-order valence-electron chi connectivity index (χ4n) is 1.99. The number of aromatic nitrogens is 1. The zero-order valence-corrected chi connectivity index (χ0v) is 14.7. The van der Waals surface area contributed by atoms with Crippen LogP contribution in [0, 0.1) is 0 Å². The third-order valence-electron chi connectivity index (χ3n) is 2.78. The van der Waals surface area contributed by atoms with Crippen molar-refractivity contribution in [1.29, 1.82) is 0 Å². The summed E-state index contributed by atoms with van der Waals surface area (Å²) in [5.74, 6) is -0.126. The molecule has 1 aromatic heterocycles. The van der Waals surface area contributed by atoms with Gasteiger partial charge in [0.05, 0.1) is 11.7 Å². The summed E-state index contributed by atoms with van der Waals surface area (Å²) in [6, 6.07) is 5.48. The average molecular weight is 380 g/mol. The van der Waals surface area contributed by atoms with Crippen molar-refractivity contribution in [3.63, 3.8) is 0 Å². The second-order valence-corrected chi connectivity index (χ2v) is 6.69. The predicted molar refractivity (Wildman–Crippen MR) is 94.7 cm³/mol. The molecule has 0 aliphatic carbocycles. The minimum absolute atomic E-state index is 0.126. The van der Waals surface area contributed by atoms with Gasteiger partial charge in [-0.25, -0.2) is 4.79 Å². The Morgan fingerprint density at radius 3 is 2.65 bits per heavy atom. The number of nitrogens with zero attached hydrogens (tertiary/aromatic N) is 3. The Bertz CT molecular complexity index is 798. The first-order valence-electron chi connectivity index (χ1n) is 6.84. The average Bonchev–Trinajstić information content (AvgIpc) is 2.75.